The van der Waals surface area contributed by atoms with Crippen LogP contribution in [0.3, 0.4) is 0 Å². The van der Waals surface area contributed by atoms with Gasteiger partial charge in [-0.05, 0) is 48.9 Å². The van der Waals surface area contributed by atoms with Crippen molar-refractivity contribution < 1.29 is 16.8 Å². The zero-order valence-electron chi connectivity index (χ0n) is 19.1. The Bertz CT molecular complexity index is 1620. The van der Waals surface area contributed by atoms with Crippen LogP contribution in [0.15, 0.2) is 70.5 Å². The Balaban J connectivity index is 1.67. The second kappa shape index (κ2) is 9.56. The molecule has 2 aromatic heterocycles. The molecule has 0 aliphatic carbocycles. The second-order valence-electron chi connectivity index (χ2n) is 7.84. The predicted molar refractivity (Wildman–Crippen MR) is 135 cm³/mol. The summed E-state index contributed by atoms with van der Waals surface area (Å²) in [4.78, 5) is 14.0. The van der Waals surface area contributed by atoms with Crippen LogP contribution in [0.1, 0.15) is 12.5 Å². The van der Waals surface area contributed by atoms with E-state index >= 15 is 0 Å². The molecule has 0 fully saturated rings. The number of rotatable bonds is 8. The Morgan fingerprint density at radius 2 is 1.60 bits per heavy atom. The molecule has 35 heavy (non-hydrogen) atoms. The zero-order valence-corrected chi connectivity index (χ0v) is 20.7. The third-order valence-corrected chi connectivity index (χ3v) is 7.14. The fourth-order valence-corrected chi connectivity index (χ4v) is 4.70. The van der Waals surface area contributed by atoms with Gasteiger partial charge in [-0.3, -0.25) is 0 Å². The largest absolute Gasteiger partial charge is 0.368 e. The number of nitrogens with zero attached hydrogens (tertiary/aromatic N) is 3. The third kappa shape index (κ3) is 5.73. The number of hydrogen-bond acceptors (Lipinski definition) is 9. The van der Waals surface area contributed by atoms with Crippen LogP contribution in [0, 0.1) is 0 Å². The number of hydrogen-bond donors (Lipinski definition) is 3. The third-order valence-electron chi connectivity index (χ3n) is 5.12. The van der Waals surface area contributed by atoms with Crippen molar-refractivity contribution in [1.82, 2.24) is 15.0 Å². The number of primary sulfonamides is 1. The van der Waals surface area contributed by atoms with Gasteiger partial charge in [-0.15, -0.1) is 0 Å². The first-order chi connectivity index (χ1) is 16.5. The van der Waals surface area contributed by atoms with Crippen LogP contribution >= 0.6 is 0 Å². The summed E-state index contributed by atoms with van der Waals surface area (Å²) in [7, 11) is -7.15. The van der Waals surface area contributed by atoms with E-state index in [4.69, 9.17) is 10.1 Å². The average molecular weight is 513 g/mol. The maximum absolute atomic E-state index is 11.9. The smallest absolute Gasteiger partial charge is 0.238 e. The maximum atomic E-state index is 11.9. The number of aromatic nitrogens is 3. The van der Waals surface area contributed by atoms with Crippen LogP contribution in [0.2, 0.25) is 0 Å². The van der Waals surface area contributed by atoms with E-state index in [0.29, 0.717) is 46.2 Å². The molecule has 0 spiro atoms. The van der Waals surface area contributed by atoms with Crippen molar-refractivity contribution in [3.05, 3.63) is 66.2 Å². The van der Waals surface area contributed by atoms with Gasteiger partial charge in [0, 0.05) is 24.9 Å². The Morgan fingerprint density at radius 3 is 2.31 bits per heavy atom. The van der Waals surface area contributed by atoms with E-state index in [1.54, 1.807) is 48.5 Å². The molecule has 4 rings (SSSR count). The maximum Gasteiger partial charge on any atom is 0.238 e. The molecule has 2 heterocycles. The minimum Gasteiger partial charge on any atom is -0.368 e. The van der Waals surface area contributed by atoms with Crippen molar-refractivity contribution in [2.24, 2.45) is 5.14 Å². The summed E-state index contributed by atoms with van der Waals surface area (Å²) in [6.07, 6.45) is 1.16. The molecule has 0 radical (unpaired) electrons. The van der Waals surface area contributed by atoms with E-state index in [1.807, 2.05) is 6.92 Å². The van der Waals surface area contributed by atoms with Gasteiger partial charge in [-0.25, -0.2) is 31.9 Å². The fraction of sp³-hybridized carbons (Fsp3) is 0.174. The lowest BCUT2D eigenvalue weighted by Gasteiger charge is -2.12. The molecule has 0 saturated heterocycles. The van der Waals surface area contributed by atoms with Gasteiger partial charge in [0.05, 0.1) is 21.0 Å². The molecule has 10 nitrogen and oxygen atoms in total. The minimum atomic E-state index is -3.80. The zero-order chi connectivity index (χ0) is 25.2. The molecule has 12 heteroatoms. The number of nitrogens with two attached hydrogens (primary N) is 1. The fourth-order valence-electron chi connectivity index (χ4n) is 3.44. The summed E-state index contributed by atoms with van der Waals surface area (Å²) >= 11 is 0. The molecule has 0 unspecified atom stereocenters. The lowest BCUT2D eigenvalue weighted by molar-refractivity contribution is 0.597. The Hall–Kier alpha value is -3.61. The lowest BCUT2D eigenvalue weighted by Crippen LogP contribution is -2.13. The van der Waals surface area contributed by atoms with Gasteiger partial charge in [-0.2, -0.15) is 4.98 Å². The van der Waals surface area contributed by atoms with E-state index in [9.17, 15) is 16.8 Å². The molecule has 0 aliphatic heterocycles. The highest BCUT2D eigenvalue weighted by atomic mass is 32.2. The lowest BCUT2D eigenvalue weighted by atomic mass is 10.1. The normalized spacial score (nSPS) is 12.0. The Morgan fingerprint density at radius 1 is 0.857 bits per heavy atom. The van der Waals surface area contributed by atoms with Gasteiger partial charge in [0.2, 0.25) is 16.0 Å². The van der Waals surface area contributed by atoms with Gasteiger partial charge < -0.3 is 10.6 Å². The van der Waals surface area contributed by atoms with Crippen LogP contribution in [-0.4, -0.2) is 44.6 Å². The van der Waals surface area contributed by atoms with Gasteiger partial charge in [0.25, 0.3) is 0 Å². The first-order valence-corrected chi connectivity index (χ1v) is 14.1. The SMILES string of the molecule is CCNc1nc(NCc2cccc(S(N)(=O)=O)c2)nc2ccc(-c3cccc(S(C)(=O)=O)c3)nc12. The van der Waals surface area contributed by atoms with Gasteiger partial charge in [0.1, 0.15) is 5.52 Å². The first kappa shape index (κ1) is 24.5. The number of anilines is 2. The topological polar surface area (TPSA) is 157 Å². The van der Waals surface area contributed by atoms with Crippen molar-refractivity contribution in [2.45, 2.75) is 23.3 Å². The highest BCUT2D eigenvalue weighted by molar-refractivity contribution is 7.90. The molecular weight excluding hydrogens is 488 g/mol. The Kier molecular flexibility index (Phi) is 6.70. The summed E-state index contributed by atoms with van der Waals surface area (Å²) in [6.45, 7) is 2.81. The molecule has 4 N–H and O–H groups in total. The van der Waals surface area contributed by atoms with Crippen LogP contribution in [0.5, 0.6) is 0 Å². The predicted octanol–water partition coefficient (Wildman–Crippen LogP) is 2.79. The number of pyridine rings is 1. The number of fused-ring (bicyclic) bond motifs is 1. The van der Waals surface area contributed by atoms with Gasteiger partial charge in [0.15, 0.2) is 15.7 Å². The van der Waals surface area contributed by atoms with Crippen LogP contribution < -0.4 is 15.8 Å². The van der Waals surface area contributed by atoms with E-state index in [-0.39, 0.29) is 16.3 Å². The van der Waals surface area contributed by atoms with Crippen LogP contribution in [-0.2, 0) is 26.4 Å². The Labute approximate surface area is 203 Å². The minimum absolute atomic E-state index is 0.0289. The number of benzene rings is 2. The number of sulfone groups is 1. The van der Waals surface area contributed by atoms with E-state index in [1.165, 1.54) is 12.1 Å². The van der Waals surface area contributed by atoms with Crippen molar-refractivity contribution in [2.75, 3.05) is 23.4 Å². The van der Waals surface area contributed by atoms with E-state index in [0.717, 1.165) is 6.26 Å². The number of nitrogens with one attached hydrogen (secondary N) is 2. The van der Waals surface area contributed by atoms with Gasteiger partial charge in [-0.1, -0.05) is 24.3 Å². The molecule has 0 aliphatic rings. The monoisotopic (exact) mass is 512 g/mol. The van der Waals surface area contributed by atoms with Crippen LogP contribution in [0.4, 0.5) is 11.8 Å². The molecule has 4 aromatic rings. The summed E-state index contributed by atoms with van der Waals surface area (Å²) in [5, 5.41) is 11.5. The molecule has 182 valence electrons. The van der Waals surface area contributed by atoms with Crippen molar-refractivity contribution in [1.29, 1.82) is 0 Å². The van der Waals surface area contributed by atoms with Crippen molar-refractivity contribution >= 4 is 42.7 Å². The highest BCUT2D eigenvalue weighted by Crippen LogP contribution is 2.26. The van der Waals surface area contributed by atoms with Crippen molar-refractivity contribution in [3.63, 3.8) is 0 Å². The van der Waals surface area contributed by atoms with Crippen LogP contribution in [0.25, 0.3) is 22.3 Å². The summed E-state index contributed by atoms with van der Waals surface area (Å²) in [6, 6.07) is 16.5. The number of sulfonamides is 1. The van der Waals surface area contributed by atoms with Crippen molar-refractivity contribution in [3.8, 4) is 11.3 Å². The highest BCUT2D eigenvalue weighted by Gasteiger charge is 2.13. The molecule has 0 amide bonds. The van der Waals surface area contributed by atoms with E-state index in [2.05, 4.69) is 20.6 Å². The summed E-state index contributed by atoms with van der Waals surface area (Å²) < 4.78 is 47.1. The molecule has 0 saturated carbocycles. The quantitative estimate of drug-likeness (QED) is 0.323. The molecular formula is C23H24N6O4S2. The average Bonchev–Trinajstić information content (AvgIpc) is 2.82. The second-order valence-corrected chi connectivity index (χ2v) is 11.4. The molecule has 2 aromatic carbocycles. The summed E-state index contributed by atoms with van der Waals surface area (Å²) in [5.41, 5.74) is 3.07. The van der Waals surface area contributed by atoms with E-state index < -0.39 is 19.9 Å². The standard InChI is InChI=1S/C23H24N6O4S2/c1-3-25-22-21-20(11-10-19(27-21)16-7-5-8-17(13-16)34(2,30)31)28-23(29-22)26-14-15-6-4-9-18(12-15)35(24,32)33/h4-13H,3,14H2,1-2H3,(H2,24,32,33)(H2,25,26,28,29). The molecule has 0 bridgehead atoms. The summed E-state index contributed by atoms with van der Waals surface area (Å²) in [5.74, 6) is 0.850. The molecule has 0 atom stereocenters. The van der Waals surface area contributed by atoms with Gasteiger partial charge >= 0.3 is 0 Å². The first-order valence-electron chi connectivity index (χ1n) is 10.6.